The van der Waals surface area contributed by atoms with E-state index in [4.69, 9.17) is 10.5 Å². The monoisotopic (exact) mass is 357 g/mol. The van der Waals surface area contributed by atoms with Crippen molar-refractivity contribution in [3.63, 3.8) is 0 Å². The Morgan fingerprint density at radius 2 is 2.04 bits per heavy atom. The molecule has 26 heavy (non-hydrogen) atoms. The highest BCUT2D eigenvalue weighted by Crippen LogP contribution is 2.35. The van der Waals surface area contributed by atoms with E-state index in [1.807, 2.05) is 25.1 Å². The number of rotatable bonds is 4. The molecule has 140 valence electrons. The Labute approximate surface area is 154 Å². The number of carbonyl (C=O) groups is 2. The maximum Gasteiger partial charge on any atom is 0.302 e. The second-order valence-corrected chi connectivity index (χ2v) is 7.10. The molecule has 6 heteroatoms. The number of benzene rings is 1. The van der Waals surface area contributed by atoms with Crippen LogP contribution in [0.1, 0.15) is 50.2 Å². The Morgan fingerprint density at radius 3 is 2.73 bits per heavy atom. The van der Waals surface area contributed by atoms with Crippen molar-refractivity contribution in [1.82, 2.24) is 0 Å². The van der Waals surface area contributed by atoms with Crippen LogP contribution in [0.15, 0.2) is 23.2 Å². The quantitative estimate of drug-likeness (QED) is 0.839. The van der Waals surface area contributed by atoms with E-state index in [9.17, 15) is 9.59 Å². The average molecular weight is 357 g/mol. The third-order valence-corrected chi connectivity index (χ3v) is 5.19. The van der Waals surface area contributed by atoms with Gasteiger partial charge in [0.15, 0.2) is 6.17 Å². The first-order valence-corrected chi connectivity index (χ1v) is 9.37. The van der Waals surface area contributed by atoms with Crippen LogP contribution in [0.2, 0.25) is 0 Å². The van der Waals surface area contributed by atoms with Gasteiger partial charge in [-0.3, -0.25) is 14.6 Å². The largest absolute Gasteiger partial charge is 0.464 e. The zero-order valence-electron chi connectivity index (χ0n) is 15.5. The molecule has 1 heterocycles. The number of aryl methyl sites for hydroxylation is 1. The van der Waals surface area contributed by atoms with E-state index in [2.05, 4.69) is 4.99 Å². The van der Waals surface area contributed by atoms with Crippen LogP contribution in [0.4, 0.5) is 5.69 Å². The van der Waals surface area contributed by atoms with Gasteiger partial charge in [0.25, 0.3) is 5.91 Å². The Balaban J connectivity index is 2.01. The van der Waals surface area contributed by atoms with Crippen LogP contribution >= 0.6 is 0 Å². The molecular weight excluding hydrogens is 330 g/mol. The number of fused-ring (bicyclic) bond motifs is 1. The molecule has 1 aliphatic heterocycles. The normalized spacial score (nSPS) is 21.0. The fourth-order valence-corrected chi connectivity index (χ4v) is 3.97. The summed E-state index contributed by atoms with van der Waals surface area (Å²) in [5.41, 5.74) is 9.93. The number of carbonyl (C=O) groups excluding carboxylic acids is 2. The predicted molar refractivity (Wildman–Crippen MR) is 101 cm³/mol. The Hall–Kier alpha value is -2.21. The SMILES string of the molecule is CC(=O)OCCN1C(=O)C(N)N=C(C2CCCCC2)c2cccc(C)c21. The second kappa shape index (κ2) is 7.99. The third kappa shape index (κ3) is 3.80. The van der Waals surface area contributed by atoms with Crippen LogP contribution in [-0.2, 0) is 14.3 Å². The molecule has 2 aliphatic rings. The first kappa shape index (κ1) is 18.6. The number of hydrogen-bond donors (Lipinski definition) is 1. The molecule has 3 rings (SSSR count). The minimum atomic E-state index is -0.920. The van der Waals surface area contributed by atoms with Crippen LogP contribution in [0.3, 0.4) is 0 Å². The van der Waals surface area contributed by atoms with Gasteiger partial charge in [0.05, 0.1) is 12.2 Å². The number of para-hydroxylation sites is 1. The van der Waals surface area contributed by atoms with Crippen LogP contribution in [-0.4, -0.2) is 36.9 Å². The lowest BCUT2D eigenvalue weighted by atomic mass is 9.82. The van der Waals surface area contributed by atoms with Gasteiger partial charge in [-0.1, -0.05) is 37.5 Å². The highest BCUT2D eigenvalue weighted by Gasteiger charge is 2.33. The smallest absolute Gasteiger partial charge is 0.302 e. The van der Waals surface area contributed by atoms with Crippen molar-refractivity contribution < 1.29 is 14.3 Å². The number of aliphatic imine (C=N–C) groups is 1. The van der Waals surface area contributed by atoms with Gasteiger partial charge in [-0.25, -0.2) is 0 Å². The fourth-order valence-electron chi connectivity index (χ4n) is 3.97. The van der Waals surface area contributed by atoms with Crippen LogP contribution in [0.25, 0.3) is 0 Å². The Bertz CT molecular complexity index is 723. The zero-order valence-corrected chi connectivity index (χ0v) is 15.5. The predicted octanol–water partition coefficient (Wildman–Crippen LogP) is 2.56. The molecule has 1 aromatic rings. The summed E-state index contributed by atoms with van der Waals surface area (Å²) in [6.45, 7) is 3.76. The van der Waals surface area contributed by atoms with E-state index >= 15 is 0 Å². The van der Waals surface area contributed by atoms with Crippen molar-refractivity contribution in [2.24, 2.45) is 16.6 Å². The van der Waals surface area contributed by atoms with Crippen molar-refractivity contribution in [2.75, 3.05) is 18.1 Å². The molecule has 1 aliphatic carbocycles. The minimum Gasteiger partial charge on any atom is -0.464 e. The van der Waals surface area contributed by atoms with Gasteiger partial charge in [-0.05, 0) is 25.3 Å². The van der Waals surface area contributed by atoms with Crippen molar-refractivity contribution >= 4 is 23.3 Å². The Morgan fingerprint density at radius 1 is 1.31 bits per heavy atom. The molecule has 0 bridgehead atoms. The lowest BCUT2D eigenvalue weighted by molar-refractivity contribution is -0.141. The summed E-state index contributed by atoms with van der Waals surface area (Å²) < 4.78 is 5.06. The summed E-state index contributed by atoms with van der Waals surface area (Å²) >= 11 is 0. The summed E-state index contributed by atoms with van der Waals surface area (Å²) in [5.74, 6) is -0.268. The van der Waals surface area contributed by atoms with E-state index in [0.717, 1.165) is 35.4 Å². The number of benzodiazepines with no additional fused rings is 1. The number of amides is 1. The van der Waals surface area contributed by atoms with E-state index < -0.39 is 6.17 Å². The number of ether oxygens (including phenoxy) is 1. The molecule has 1 amide bonds. The van der Waals surface area contributed by atoms with Gasteiger partial charge in [0.2, 0.25) is 0 Å². The molecule has 2 N–H and O–H groups in total. The van der Waals surface area contributed by atoms with Crippen LogP contribution in [0, 0.1) is 12.8 Å². The minimum absolute atomic E-state index is 0.139. The molecular formula is C20H27N3O3. The number of nitrogens with two attached hydrogens (primary N) is 1. The van der Waals surface area contributed by atoms with Crippen LogP contribution in [0.5, 0.6) is 0 Å². The number of nitrogens with zero attached hydrogens (tertiary/aromatic N) is 2. The van der Waals surface area contributed by atoms with Crippen molar-refractivity contribution in [3.05, 3.63) is 29.3 Å². The molecule has 6 nitrogen and oxygen atoms in total. The maximum absolute atomic E-state index is 12.9. The molecule has 0 radical (unpaired) electrons. The van der Waals surface area contributed by atoms with E-state index in [1.54, 1.807) is 4.90 Å². The van der Waals surface area contributed by atoms with E-state index in [-0.39, 0.29) is 25.0 Å². The molecule has 1 unspecified atom stereocenters. The molecule has 0 saturated heterocycles. The second-order valence-electron chi connectivity index (χ2n) is 7.10. The van der Waals surface area contributed by atoms with E-state index in [0.29, 0.717) is 5.92 Å². The first-order valence-electron chi connectivity index (χ1n) is 9.37. The summed E-state index contributed by atoms with van der Waals surface area (Å²) in [4.78, 5) is 30.3. The number of hydrogen-bond acceptors (Lipinski definition) is 5. The topological polar surface area (TPSA) is 85.0 Å². The molecule has 0 aromatic heterocycles. The van der Waals surface area contributed by atoms with Crippen molar-refractivity contribution in [1.29, 1.82) is 0 Å². The van der Waals surface area contributed by atoms with Crippen LogP contribution < -0.4 is 10.6 Å². The van der Waals surface area contributed by atoms with Crippen molar-refractivity contribution in [2.45, 2.75) is 52.1 Å². The lowest BCUT2D eigenvalue weighted by Gasteiger charge is -2.27. The standard InChI is InChI=1S/C20H27N3O3/c1-13-7-6-10-16-17(15-8-4-3-5-9-15)22-19(21)20(25)23(18(13)16)11-12-26-14(2)24/h6-7,10,15,19H,3-5,8-9,11-12,21H2,1-2H3. The molecule has 0 spiro atoms. The van der Waals surface area contributed by atoms with E-state index in [1.165, 1.54) is 26.2 Å². The lowest BCUT2D eigenvalue weighted by Crippen LogP contribution is -2.44. The van der Waals surface area contributed by atoms with Gasteiger partial charge in [-0.2, -0.15) is 0 Å². The number of esters is 1. The summed E-state index contributed by atoms with van der Waals surface area (Å²) in [6.07, 6.45) is 4.87. The summed E-state index contributed by atoms with van der Waals surface area (Å²) in [5, 5.41) is 0. The van der Waals surface area contributed by atoms with Crippen molar-refractivity contribution in [3.8, 4) is 0 Å². The Kier molecular flexibility index (Phi) is 5.71. The fraction of sp³-hybridized carbons (Fsp3) is 0.550. The van der Waals surface area contributed by atoms with Gasteiger partial charge in [-0.15, -0.1) is 0 Å². The maximum atomic E-state index is 12.9. The van der Waals surface area contributed by atoms with Gasteiger partial charge < -0.3 is 15.4 Å². The highest BCUT2D eigenvalue weighted by molar-refractivity contribution is 6.14. The first-order chi connectivity index (χ1) is 12.5. The summed E-state index contributed by atoms with van der Waals surface area (Å²) in [6, 6.07) is 6.01. The van der Waals surface area contributed by atoms with Gasteiger partial charge in [0.1, 0.15) is 6.61 Å². The molecule has 1 saturated carbocycles. The average Bonchev–Trinajstić information content (AvgIpc) is 2.73. The molecule has 1 fully saturated rings. The molecule has 1 atom stereocenters. The zero-order chi connectivity index (χ0) is 18.7. The summed E-state index contributed by atoms with van der Waals surface area (Å²) in [7, 11) is 0. The highest BCUT2D eigenvalue weighted by atomic mass is 16.5. The van der Waals surface area contributed by atoms with Gasteiger partial charge >= 0.3 is 5.97 Å². The third-order valence-electron chi connectivity index (χ3n) is 5.19. The number of anilines is 1. The molecule has 1 aromatic carbocycles. The van der Waals surface area contributed by atoms with Gasteiger partial charge in [0, 0.05) is 24.1 Å².